The average molecular weight is 365 g/mol. The summed E-state index contributed by atoms with van der Waals surface area (Å²) in [7, 11) is -2.10. The Bertz CT molecular complexity index is 590. The summed E-state index contributed by atoms with van der Waals surface area (Å²) in [6.07, 6.45) is -0.324. The lowest BCUT2D eigenvalue weighted by Gasteiger charge is -2.37. The molecule has 2 heterocycles. The van der Waals surface area contributed by atoms with E-state index in [9.17, 15) is 8.42 Å². The monoisotopic (exact) mass is 365 g/mol. The standard InChI is InChI=1S/C13H23N3O7S/c1-13(2)22-9(7-20-24(4,17)18)12(23-13)11-8(15-16-14)5-6-10(19-3)21-11/h8-12H,5-7H2,1-4H3/t8-,9-,10-,11-,12+/m0/s1. The van der Waals surface area contributed by atoms with Crippen LogP contribution in [-0.4, -0.2) is 64.8 Å². The molecule has 0 spiro atoms. The summed E-state index contributed by atoms with van der Waals surface area (Å²) < 4.78 is 50.1. The molecule has 0 radical (unpaired) electrons. The van der Waals surface area contributed by atoms with Gasteiger partial charge in [-0.15, -0.1) is 0 Å². The van der Waals surface area contributed by atoms with Crippen LogP contribution in [0.15, 0.2) is 5.11 Å². The highest BCUT2D eigenvalue weighted by atomic mass is 32.2. The molecule has 10 nitrogen and oxygen atoms in total. The van der Waals surface area contributed by atoms with E-state index in [1.165, 1.54) is 7.11 Å². The molecule has 2 aliphatic heterocycles. The summed E-state index contributed by atoms with van der Waals surface area (Å²) in [5, 5.41) is 3.77. The molecule has 2 aliphatic rings. The Morgan fingerprint density at radius 1 is 1.29 bits per heavy atom. The van der Waals surface area contributed by atoms with Gasteiger partial charge in [-0.3, -0.25) is 4.18 Å². The van der Waals surface area contributed by atoms with Gasteiger partial charge in [-0.2, -0.15) is 8.42 Å². The minimum absolute atomic E-state index is 0.215. The van der Waals surface area contributed by atoms with E-state index in [-0.39, 0.29) is 6.61 Å². The van der Waals surface area contributed by atoms with Crippen molar-refractivity contribution in [2.24, 2.45) is 5.11 Å². The van der Waals surface area contributed by atoms with Gasteiger partial charge in [0.2, 0.25) is 0 Å². The number of nitrogens with zero attached hydrogens (tertiary/aromatic N) is 3. The fourth-order valence-electron chi connectivity index (χ4n) is 2.93. The van der Waals surface area contributed by atoms with Gasteiger partial charge < -0.3 is 18.9 Å². The van der Waals surface area contributed by atoms with E-state index in [0.29, 0.717) is 12.8 Å². The fourth-order valence-corrected chi connectivity index (χ4v) is 3.31. The zero-order chi connectivity index (χ0) is 18.0. The van der Waals surface area contributed by atoms with Crippen LogP contribution < -0.4 is 0 Å². The summed E-state index contributed by atoms with van der Waals surface area (Å²) >= 11 is 0. The van der Waals surface area contributed by atoms with Crippen LogP contribution in [-0.2, 0) is 33.2 Å². The molecule has 2 saturated heterocycles. The van der Waals surface area contributed by atoms with E-state index >= 15 is 0 Å². The third kappa shape index (κ3) is 5.03. The molecule has 0 bridgehead atoms. The van der Waals surface area contributed by atoms with Crippen molar-refractivity contribution in [1.29, 1.82) is 0 Å². The van der Waals surface area contributed by atoms with Crippen LogP contribution in [0, 0.1) is 0 Å². The van der Waals surface area contributed by atoms with Crippen molar-refractivity contribution in [3.63, 3.8) is 0 Å². The summed E-state index contributed by atoms with van der Waals surface area (Å²) in [6, 6.07) is -0.468. The van der Waals surface area contributed by atoms with Crippen LogP contribution in [0.5, 0.6) is 0 Å². The third-order valence-electron chi connectivity index (χ3n) is 3.84. The van der Waals surface area contributed by atoms with Gasteiger partial charge in [-0.1, -0.05) is 5.11 Å². The molecule has 138 valence electrons. The van der Waals surface area contributed by atoms with E-state index in [0.717, 1.165) is 6.26 Å². The lowest BCUT2D eigenvalue weighted by Crippen LogP contribution is -2.50. The average Bonchev–Trinajstić information content (AvgIpc) is 2.80. The van der Waals surface area contributed by atoms with Crippen molar-refractivity contribution in [2.45, 2.75) is 63.1 Å². The van der Waals surface area contributed by atoms with Gasteiger partial charge in [0.15, 0.2) is 12.1 Å². The fraction of sp³-hybridized carbons (Fsp3) is 1.00. The highest BCUT2D eigenvalue weighted by molar-refractivity contribution is 7.85. The Hall–Kier alpha value is -0.940. The quantitative estimate of drug-likeness (QED) is 0.300. The third-order valence-corrected chi connectivity index (χ3v) is 4.41. The van der Waals surface area contributed by atoms with Gasteiger partial charge in [0.25, 0.3) is 10.1 Å². The van der Waals surface area contributed by atoms with Crippen molar-refractivity contribution in [3.8, 4) is 0 Å². The maximum atomic E-state index is 11.3. The van der Waals surface area contributed by atoms with Crippen LogP contribution in [0.25, 0.3) is 10.4 Å². The first-order valence-corrected chi connectivity index (χ1v) is 9.39. The van der Waals surface area contributed by atoms with Gasteiger partial charge in [0.1, 0.15) is 12.2 Å². The molecule has 0 amide bonds. The predicted molar refractivity (Wildman–Crippen MR) is 82.5 cm³/mol. The second-order valence-corrected chi connectivity index (χ2v) is 7.89. The van der Waals surface area contributed by atoms with Gasteiger partial charge in [-0.25, -0.2) is 0 Å². The predicted octanol–water partition coefficient (Wildman–Crippen LogP) is 1.31. The van der Waals surface area contributed by atoms with Crippen LogP contribution in [0.3, 0.4) is 0 Å². The molecular formula is C13H23N3O7S. The minimum Gasteiger partial charge on any atom is -0.356 e. The molecule has 5 atom stereocenters. The topological polar surface area (TPSA) is 129 Å². The molecule has 0 aromatic rings. The Balaban J connectivity index is 2.20. The minimum atomic E-state index is -3.63. The number of azide groups is 1. The van der Waals surface area contributed by atoms with E-state index in [4.69, 9.17) is 28.7 Å². The number of hydrogen-bond donors (Lipinski definition) is 0. The van der Waals surface area contributed by atoms with Crippen LogP contribution in [0.1, 0.15) is 26.7 Å². The summed E-state index contributed by atoms with van der Waals surface area (Å²) in [5.41, 5.74) is 8.78. The van der Waals surface area contributed by atoms with Crippen molar-refractivity contribution >= 4 is 10.1 Å². The molecule has 0 aromatic heterocycles. The highest BCUT2D eigenvalue weighted by Crippen LogP contribution is 2.36. The number of rotatable bonds is 6. The number of hydrogen-bond acceptors (Lipinski definition) is 8. The van der Waals surface area contributed by atoms with Crippen LogP contribution >= 0.6 is 0 Å². The molecule has 0 aromatic carbocycles. The largest absolute Gasteiger partial charge is 0.356 e. The maximum Gasteiger partial charge on any atom is 0.264 e. The van der Waals surface area contributed by atoms with Crippen molar-refractivity contribution in [2.75, 3.05) is 20.0 Å². The second kappa shape index (κ2) is 7.52. The molecular weight excluding hydrogens is 342 g/mol. The summed E-state index contributed by atoms with van der Waals surface area (Å²) in [4.78, 5) is 2.86. The van der Waals surface area contributed by atoms with Gasteiger partial charge in [0, 0.05) is 12.0 Å². The van der Waals surface area contributed by atoms with Gasteiger partial charge in [-0.05, 0) is 32.2 Å². The zero-order valence-corrected chi connectivity index (χ0v) is 14.9. The Labute approximate surface area is 141 Å². The van der Waals surface area contributed by atoms with E-state index in [1.807, 2.05) is 0 Å². The zero-order valence-electron chi connectivity index (χ0n) is 14.1. The first-order valence-electron chi connectivity index (χ1n) is 7.57. The van der Waals surface area contributed by atoms with E-state index in [2.05, 4.69) is 10.0 Å². The van der Waals surface area contributed by atoms with Crippen molar-refractivity contribution in [3.05, 3.63) is 10.4 Å². The normalized spacial score (nSPS) is 36.2. The summed E-state index contributed by atoms with van der Waals surface area (Å²) in [5.74, 6) is -0.944. The molecule has 24 heavy (non-hydrogen) atoms. The molecule has 0 N–H and O–H groups in total. The van der Waals surface area contributed by atoms with E-state index in [1.54, 1.807) is 13.8 Å². The second-order valence-electron chi connectivity index (χ2n) is 6.24. The molecule has 2 fully saturated rings. The Morgan fingerprint density at radius 3 is 2.58 bits per heavy atom. The first-order chi connectivity index (χ1) is 11.1. The number of ether oxygens (including phenoxy) is 4. The Kier molecular flexibility index (Phi) is 6.08. The van der Waals surface area contributed by atoms with E-state index < -0.39 is 46.5 Å². The van der Waals surface area contributed by atoms with Crippen molar-refractivity contribution in [1.82, 2.24) is 0 Å². The smallest absolute Gasteiger partial charge is 0.264 e. The van der Waals surface area contributed by atoms with Gasteiger partial charge >= 0.3 is 0 Å². The number of methoxy groups -OCH3 is 1. The van der Waals surface area contributed by atoms with Crippen molar-refractivity contribution < 1.29 is 31.5 Å². The summed E-state index contributed by atoms with van der Waals surface area (Å²) in [6.45, 7) is 3.20. The van der Waals surface area contributed by atoms with Gasteiger partial charge in [0.05, 0.1) is 25.0 Å². The molecule has 0 aliphatic carbocycles. The Morgan fingerprint density at radius 2 is 2.00 bits per heavy atom. The first kappa shape index (κ1) is 19.4. The van der Waals surface area contributed by atoms with Crippen LogP contribution in [0.4, 0.5) is 0 Å². The lowest BCUT2D eigenvalue weighted by atomic mass is 9.95. The molecule has 0 saturated carbocycles. The molecule has 11 heteroatoms. The lowest BCUT2D eigenvalue weighted by molar-refractivity contribution is -0.223. The SMILES string of the molecule is CO[C@@H]1CC[C@H](N=[N+]=[N-])[C@@H]([C@@H]2OC(C)(C)O[C@H]2COS(C)(=O)=O)O1. The molecule has 2 rings (SSSR count). The molecule has 0 unspecified atom stereocenters. The maximum absolute atomic E-state index is 11.3. The van der Waals surface area contributed by atoms with Crippen LogP contribution in [0.2, 0.25) is 0 Å². The highest BCUT2D eigenvalue weighted by Gasteiger charge is 2.50.